The molecule has 0 saturated carbocycles. The molecule has 0 unspecified atom stereocenters. The minimum atomic E-state index is -1.64. The Kier molecular flexibility index (Phi) is 8.02. The number of rotatable bonds is 8. The molecule has 0 aliphatic heterocycles. The lowest BCUT2D eigenvalue weighted by Crippen LogP contribution is -2.54. The Morgan fingerprint density at radius 2 is 0.522 bits per heavy atom. The van der Waals surface area contributed by atoms with Gasteiger partial charge in [-0.2, -0.15) is 0 Å². The zero-order valence-corrected chi connectivity index (χ0v) is 37.4. The topological polar surface area (TPSA) is 0 Å². The molecular formula is C36H44S8Si2. The first-order valence-corrected chi connectivity index (χ1v) is 27.8. The molecule has 0 saturated heterocycles. The van der Waals surface area contributed by atoms with Crippen molar-refractivity contribution >= 4 is 182 Å². The highest BCUT2D eigenvalue weighted by Gasteiger charge is 2.47. The van der Waals surface area contributed by atoms with Crippen molar-refractivity contribution in [3.8, 4) is 0 Å². The van der Waals surface area contributed by atoms with Gasteiger partial charge in [0.1, 0.15) is 16.1 Å². The van der Waals surface area contributed by atoms with E-state index in [2.05, 4.69) is 186 Å². The second kappa shape index (κ2) is 11.2. The van der Waals surface area contributed by atoms with E-state index in [1.807, 2.05) is 0 Å². The second-order valence-electron chi connectivity index (χ2n) is 15.3. The van der Waals surface area contributed by atoms with Crippen LogP contribution in [0.25, 0.3) is 65.8 Å². The summed E-state index contributed by atoms with van der Waals surface area (Å²) in [7, 11) is -3.29. The molecule has 244 valence electrons. The average molecular weight is 789 g/mol. The highest BCUT2D eigenvalue weighted by molar-refractivity contribution is 7.53. The van der Waals surface area contributed by atoms with Gasteiger partial charge in [0.15, 0.2) is 0 Å². The molecule has 8 rings (SSSR count). The predicted molar refractivity (Wildman–Crippen MR) is 233 cm³/mol. The van der Waals surface area contributed by atoms with Crippen molar-refractivity contribution in [2.75, 3.05) is 0 Å². The van der Waals surface area contributed by atoms with Crippen molar-refractivity contribution in [3.63, 3.8) is 0 Å². The van der Waals surface area contributed by atoms with E-state index in [1.54, 1.807) is 74.8 Å². The second-order valence-corrected chi connectivity index (χ2v) is 36.1. The molecule has 8 aromatic heterocycles. The minimum absolute atomic E-state index is 0.752. The molecule has 0 N–H and O–H groups in total. The molecule has 46 heavy (non-hydrogen) atoms. The third-order valence-electron chi connectivity index (χ3n) is 11.5. The number of fused-ring (bicyclic) bond motifs is 13. The SMILES string of the molecule is CC(C)[Si](c1cc2sc3c(sc4c3sc3c5sc6c7sc([Si](C(C)C)(C(C)C)C(C)C)cc7sc6c5sc43)c2s1)(C(C)C)C(C)C. The van der Waals surface area contributed by atoms with Gasteiger partial charge in [-0.1, -0.05) is 83.1 Å². The Balaban J connectivity index is 1.28. The highest BCUT2D eigenvalue weighted by Crippen LogP contribution is 2.59. The lowest BCUT2D eigenvalue weighted by Gasteiger charge is -2.42. The summed E-state index contributed by atoms with van der Waals surface area (Å²) in [5.41, 5.74) is 4.51. The molecule has 0 aliphatic carbocycles. The molecule has 0 spiro atoms. The van der Waals surface area contributed by atoms with Crippen LogP contribution >= 0.6 is 90.7 Å². The van der Waals surface area contributed by atoms with Gasteiger partial charge in [0.25, 0.3) is 0 Å². The zero-order valence-electron chi connectivity index (χ0n) is 28.9. The van der Waals surface area contributed by atoms with Gasteiger partial charge < -0.3 is 0 Å². The fourth-order valence-electron chi connectivity index (χ4n) is 9.94. The third kappa shape index (κ3) is 4.12. The van der Waals surface area contributed by atoms with Crippen LogP contribution in [0.15, 0.2) is 12.1 Å². The molecular weight excluding hydrogens is 745 g/mol. The minimum Gasteiger partial charge on any atom is -0.142 e. The van der Waals surface area contributed by atoms with Gasteiger partial charge >= 0.3 is 0 Å². The number of hydrogen-bond donors (Lipinski definition) is 0. The van der Waals surface area contributed by atoms with Crippen LogP contribution in [-0.2, 0) is 0 Å². The first kappa shape index (κ1) is 33.0. The monoisotopic (exact) mass is 788 g/mol. The van der Waals surface area contributed by atoms with E-state index < -0.39 is 16.1 Å². The lowest BCUT2D eigenvalue weighted by molar-refractivity contribution is 0.837. The van der Waals surface area contributed by atoms with Crippen LogP contribution in [0.3, 0.4) is 0 Å². The van der Waals surface area contributed by atoms with E-state index in [0.29, 0.717) is 0 Å². The fourth-order valence-corrected chi connectivity index (χ4v) is 40.2. The van der Waals surface area contributed by atoms with Crippen LogP contribution in [0.5, 0.6) is 0 Å². The molecule has 8 heterocycles. The predicted octanol–water partition coefficient (Wildman–Crippen LogP) is 16.0. The largest absolute Gasteiger partial charge is 0.142 e. The standard InChI is InChI=1S/C36H44S8Si2/c1-15(2)45(16(3)4,17(5)6)23-13-21-25(39-23)27-29(37-21)31-33(41-27)35-36(43-31)34-32(44-35)30-28(42-34)26-22(38-30)14-24(40-26)46(18(7)8,19(9)10)20(11)12/h13-20H,1-12H3. The first-order chi connectivity index (χ1) is 21.7. The smallest absolute Gasteiger partial charge is 0.107 e. The van der Waals surface area contributed by atoms with E-state index in [4.69, 9.17) is 0 Å². The van der Waals surface area contributed by atoms with Gasteiger partial charge in [-0.3, -0.25) is 0 Å². The molecule has 0 amide bonds. The van der Waals surface area contributed by atoms with Crippen LogP contribution in [0, 0.1) is 0 Å². The lowest BCUT2D eigenvalue weighted by atomic mass is 10.4. The average Bonchev–Trinajstić information content (AvgIpc) is 3.76. The maximum Gasteiger partial charge on any atom is 0.107 e. The molecule has 0 bridgehead atoms. The first-order valence-electron chi connectivity index (χ1n) is 16.8. The molecule has 0 aliphatic rings. The molecule has 0 fully saturated rings. The maximum absolute atomic E-state index is 2.65. The molecule has 0 aromatic carbocycles. The Labute approximate surface area is 307 Å². The van der Waals surface area contributed by atoms with Gasteiger partial charge in [0.2, 0.25) is 0 Å². The summed E-state index contributed by atoms with van der Waals surface area (Å²) < 4.78 is 25.3. The number of thiophene rings is 8. The van der Waals surface area contributed by atoms with Crippen molar-refractivity contribution in [2.24, 2.45) is 0 Å². The molecule has 0 radical (unpaired) electrons. The van der Waals surface area contributed by atoms with Crippen molar-refractivity contribution in [3.05, 3.63) is 12.1 Å². The molecule has 0 atom stereocenters. The Hall–Kier alpha value is -0.146. The normalized spacial score (nSPS) is 14.4. The summed E-state index contributed by atoms with van der Waals surface area (Å²) >= 11 is 16.9. The van der Waals surface area contributed by atoms with Crippen LogP contribution < -0.4 is 9.00 Å². The Bertz CT molecular complexity index is 2200. The van der Waals surface area contributed by atoms with Crippen molar-refractivity contribution < 1.29 is 0 Å². The Morgan fingerprint density at radius 1 is 0.304 bits per heavy atom. The van der Waals surface area contributed by atoms with Crippen LogP contribution in [-0.4, -0.2) is 16.1 Å². The quantitative estimate of drug-likeness (QED) is 0.135. The fraction of sp³-hybridized carbons (Fsp3) is 0.500. The molecule has 0 nitrogen and oxygen atoms in total. The van der Waals surface area contributed by atoms with E-state index in [9.17, 15) is 0 Å². The van der Waals surface area contributed by atoms with Crippen molar-refractivity contribution in [1.29, 1.82) is 0 Å². The third-order valence-corrected chi connectivity index (χ3v) is 38.5. The number of hydrogen-bond acceptors (Lipinski definition) is 8. The van der Waals surface area contributed by atoms with E-state index in [0.717, 1.165) is 33.2 Å². The van der Waals surface area contributed by atoms with Gasteiger partial charge in [0, 0.05) is 9.40 Å². The van der Waals surface area contributed by atoms with E-state index >= 15 is 0 Å². The van der Waals surface area contributed by atoms with Crippen molar-refractivity contribution in [1.82, 2.24) is 0 Å². The van der Waals surface area contributed by atoms with Crippen LogP contribution in [0.1, 0.15) is 83.1 Å². The zero-order chi connectivity index (χ0) is 32.8. The van der Waals surface area contributed by atoms with E-state index in [-0.39, 0.29) is 0 Å². The summed E-state index contributed by atoms with van der Waals surface area (Å²) in [5, 5.41) is 0. The van der Waals surface area contributed by atoms with Gasteiger partial charge in [0.05, 0.1) is 56.4 Å². The maximum atomic E-state index is 2.65. The van der Waals surface area contributed by atoms with Gasteiger partial charge in [-0.05, 0) is 54.4 Å². The van der Waals surface area contributed by atoms with Crippen LogP contribution in [0.2, 0.25) is 33.2 Å². The summed E-state index contributed by atoms with van der Waals surface area (Å²) in [5.74, 6) is 0. The molecule has 8 aromatic rings. The summed E-state index contributed by atoms with van der Waals surface area (Å²) in [6.45, 7) is 30.0. The van der Waals surface area contributed by atoms with Gasteiger partial charge in [-0.25, -0.2) is 0 Å². The summed E-state index contributed by atoms with van der Waals surface area (Å²) in [6.07, 6.45) is 0. The van der Waals surface area contributed by atoms with Crippen molar-refractivity contribution in [2.45, 2.75) is 116 Å². The van der Waals surface area contributed by atoms with Crippen LogP contribution in [0.4, 0.5) is 0 Å². The molecule has 10 heteroatoms. The summed E-state index contributed by atoms with van der Waals surface area (Å²) in [4.78, 5) is 0. The Morgan fingerprint density at radius 3 is 0.761 bits per heavy atom. The highest BCUT2D eigenvalue weighted by atomic mass is 32.1. The van der Waals surface area contributed by atoms with E-state index in [1.165, 1.54) is 0 Å². The van der Waals surface area contributed by atoms with Gasteiger partial charge in [-0.15, -0.1) is 90.7 Å². The summed E-state index contributed by atoms with van der Waals surface area (Å²) in [6, 6.07) is 5.29.